The van der Waals surface area contributed by atoms with Crippen molar-refractivity contribution in [3.05, 3.63) is 0 Å². The van der Waals surface area contributed by atoms with Crippen LogP contribution in [0.1, 0.15) is 51.9 Å². The normalized spacial score (nSPS) is 29.6. The van der Waals surface area contributed by atoms with Crippen LogP contribution in [-0.4, -0.2) is 34.7 Å². The number of hydrogen-bond donors (Lipinski definition) is 1. The van der Waals surface area contributed by atoms with Crippen molar-refractivity contribution < 1.29 is 5.11 Å². The second kappa shape index (κ2) is 4.19. The molecule has 2 heteroatoms. The average molecular weight is 197 g/mol. The van der Waals surface area contributed by atoms with Crippen LogP contribution in [0.2, 0.25) is 0 Å². The van der Waals surface area contributed by atoms with Gasteiger partial charge in [0.25, 0.3) is 0 Å². The van der Waals surface area contributed by atoms with Crippen molar-refractivity contribution in [1.29, 1.82) is 0 Å². The molecule has 0 aromatic carbocycles. The summed E-state index contributed by atoms with van der Waals surface area (Å²) >= 11 is 0. The van der Waals surface area contributed by atoms with E-state index in [1.54, 1.807) is 0 Å². The number of aliphatic hydroxyl groups is 1. The van der Waals surface area contributed by atoms with Gasteiger partial charge in [-0.15, -0.1) is 0 Å². The lowest BCUT2D eigenvalue weighted by atomic mass is 9.76. The molecule has 82 valence electrons. The minimum atomic E-state index is -0.131. The van der Waals surface area contributed by atoms with Gasteiger partial charge in [0, 0.05) is 5.54 Å². The molecular formula is C12H23NO. The summed E-state index contributed by atoms with van der Waals surface area (Å²) in [6.07, 6.45) is 8.95. The van der Waals surface area contributed by atoms with Crippen LogP contribution in [0.5, 0.6) is 0 Å². The molecule has 14 heavy (non-hydrogen) atoms. The molecule has 0 saturated carbocycles. The molecule has 0 amide bonds. The topological polar surface area (TPSA) is 23.5 Å². The molecule has 0 aliphatic carbocycles. The molecule has 0 aromatic heterocycles. The second-order valence-electron chi connectivity index (χ2n) is 5.18. The highest BCUT2D eigenvalue weighted by molar-refractivity contribution is 4.96. The smallest absolute Gasteiger partial charge is 0.0529 e. The zero-order valence-electron chi connectivity index (χ0n) is 9.34. The van der Waals surface area contributed by atoms with Crippen molar-refractivity contribution in [3.63, 3.8) is 0 Å². The molecule has 0 bridgehead atoms. The molecule has 0 spiro atoms. The molecule has 2 saturated heterocycles. The van der Waals surface area contributed by atoms with Crippen molar-refractivity contribution in [3.8, 4) is 0 Å². The Balaban J connectivity index is 2.08. The molecule has 2 fully saturated rings. The molecular weight excluding hydrogens is 174 g/mol. The maximum absolute atomic E-state index is 9.61. The van der Waals surface area contributed by atoms with E-state index >= 15 is 0 Å². The summed E-state index contributed by atoms with van der Waals surface area (Å²) in [5.74, 6) is 0. The molecule has 2 nitrogen and oxygen atoms in total. The van der Waals surface area contributed by atoms with Gasteiger partial charge >= 0.3 is 0 Å². The largest absolute Gasteiger partial charge is 0.393 e. The molecule has 0 aromatic rings. The summed E-state index contributed by atoms with van der Waals surface area (Å²) in [4.78, 5) is 2.66. The quantitative estimate of drug-likeness (QED) is 0.733. The van der Waals surface area contributed by atoms with E-state index in [-0.39, 0.29) is 6.10 Å². The Morgan fingerprint density at radius 2 is 1.71 bits per heavy atom. The van der Waals surface area contributed by atoms with Crippen molar-refractivity contribution >= 4 is 0 Å². The Hall–Kier alpha value is -0.0800. The van der Waals surface area contributed by atoms with Crippen LogP contribution in [0.25, 0.3) is 0 Å². The van der Waals surface area contributed by atoms with Crippen molar-refractivity contribution in [2.75, 3.05) is 13.1 Å². The highest BCUT2D eigenvalue weighted by atomic mass is 16.3. The fourth-order valence-electron chi connectivity index (χ4n) is 3.42. The minimum absolute atomic E-state index is 0.131. The van der Waals surface area contributed by atoms with Gasteiger partial charge in [0.15, 0.2) is 0 Å². The summed E-state index contributed by atoms with van der Waals surface area (Å²) in [5, 5.41) is 9.61. The average Bonchev–Trinajstić information content (AvgIpc) is 2.16. The zero-order valence-corrected chi connectivity index (χ0v) is 9.34. The Bertz CT molecular complexity index is 179. The summed E-state index contributed by atoms with van der Waals surface area (Å²) in [7, 11) is 0. The summed E-state index contributed by atoms with van der Waals surface area (Å²) < 4.78 is 0. The van der Waals surface area contributed by atoms with Gasteiger partial charge < -0.3 is 5.11 Å². The lowest BCUT2D eigenvalue weighted by Gasteiger charge is -2.51. The third-order valence-corrected chi connectivity index (χ3v) is 3.99. The van der Waals surface area contributed by atoms with E-state index in [4.69, 9.17) is 0 Å². The zero-order chi connectivity index (χ0) is 10.0. The fourth-order valence-corrected chi connectivity index (χ4v) is 3.42. The van der Waals surface area contributed by atoms with Gasteiger partial charge in [-0.3, -0.25) is 4.90 Å². The second-order valence-corrected chi connectivity index (χ2v) is 5.18. The SMILES string of the molecule is CC(O)CC12CCCCN1CCCC2. The molecule has 0 radical (unpaired) electrons. The summed E-state index contributed by atoms with van der Waals surface area (Å²) in [5.41, 5.74) is 0.380. The predicted molar refractivity (Wildman–Crippen MR) is 58.3 cm³/mol. The number of piperidine rings is 2. The van der Waals surface area contributed by atoms with Gasteiger partial charge in [-0.2, -0.15) is 0 Å². The van der Waals surface area contributed by atoms with Crippen molar-refractivity contribution in [2.24, 2.45) is 0 Å². The van der Waals surface area contributed by atoms with E-state index in [1.165, 1.54) is 51.6 Å². The maximum Gasteiger partial charge on any atom is 0.0529 e. The highest BCUT2D eigenvalue weighted by Crippen LogP contribution is 2.39. The molecule has 1 unspecified atom stereocenters. The van der Waals surface area contributed by atoms with Crippen LogP contribution in [0.15, 0.2) is 0 Å². The monoisotopic (exact) mass is 197 g/mol. The Labute approximate surface area is 87.3 Å². The van der Waals surface area contributed by atoms with Crippen LogP contribution < -0.4 is 0 Å². The first kappa shape index (κ1) is 10.4. The van der Waals surface area contributed by atoms with Crippen LogP contribution in [0.4, 0.5) is 0 Å². The van der Waals surface area contributed by atoms with Gasteiger partial charge in [-0.25, -0.2) is 0 Å². The Morgan fingerprint density at radius 3 is 2.21 bits per heavy atom. The van der Waals surface area contributed by atoms with Crippen LogP contribution >= 0.6 is 0 Å². The third kappa shape index (κ3) is 1.96. The minimum Gasteiger partial charge on any atom is -0.393 e. The van der Waals surface area contributed by atoms with Gasteiger partial charge in [0.2, 0.25) is 0 Å². The van der Waals surface area contributed by atoms with Gasteiger partial charge in [-0.05, 0) is 52.1 Å². The van der Waals surface area contributed by atoms with Gasteiger partial charge in [0.1, 0.15) is 0 Å². The molecule has 2 aliphatic heterocycles. The van der Waals surface area contributed by atoms with E-state index in [9.17, 15) is 5.11 Å². The highest BCUT2D eigenvalue weighted by Gasteiger charge is 2.40. The molecule has 1 N–H and O–H groups in total. The number of rotatable bonds is 2. The first-order valence-corrected chi connectivity index (χ1v) is 6.16. The van der Waals surface area contributed by atoms with E-state index in [1.807, 2.05) is 6.92 Å². The summed E-state index contributed by atoms with van der Waals surface area (Å²) in [6, 6.07) is 0. The first-order valence-electron chi connectivity index (χ1n) is 6.16. The molecule has 2 heterocycles. The number of hydrogen-bond acceptors (Lipinski definition) is 2. The van der Waals surface area contributed by atoms with Gasteiger partial charge in [-0.1, -0.05) is 12.8 Å². The maximum atomic E-state index is 9.61. The van der Waals surface area contributed by atoms with E-state index in [0.29, 0.717) is 5.54 Å². The Morgan fingerprint density at radius 1 is 1.14 bits per heavy atom. The third-order valence-electron chi connectivity index (χ3n) is 3.99. The van der Waals surface area contributed by atoms with Crippen molar-refractivity contribution in [1.82, 2.24) is 4.90 Å². The number of nitrogens with zero attached hydrogens (tertiary/aromatic N) is 1. The standard InChI is InChI=1S/C12H23NO/c1-11(14)10-12-6-2-4-8-13(12)9-5-3-7-12/h11,14H,2-10H2,1H3. The lowest BCUT2D eigenvalue weighted by Crippen LogP contribution is -2.55. The molecule has 2 rings (SSSR count). The molecule has 1 atom stereocenters. The van der Waals surface area contributed by atoms with E-state index < -0.39 is 0 Å². The van der Waals surface area contributed by atoms with Crippen LogP contribution in [0.3, 0.4) is 0 Å². The predicted octanol–water partition coefficient (Wildman–Crippen LogP) is 2.17. The lowest BCUT2D eigenvalue weighted by molar-refractivity contribution is -0.0214. The first-order chi connectivity index (χ1) is 6.73. The van der Waals surface area contributed by atoms with E-state index in [0.717, 1.165) is 6.42 Å². The number of aliphatic hydroxyl groups excluding tert-OH is 1. The Kier molecular flexibility index (Phi) is 3.13. The summed E-state index contributed by atoms with van der Waals surface area (Å²) in [6.45, 7) is 4.48. The van der Waals surface area contributed by atoms with Crippen molar-refractivity contribution in [2.45, 2.75) is 63.5 Å². The van der Waals surface area contributed by atoms with E-state index in [2.05, 4.69) is 4.90 Å². The van der Waals surface area contributed by atoms with Crippen LogP contribution in [0, 0.1) is 0 Å². The van der Waals surface area contributed by atoms with Gasteiger partial charge in [0.05, 0.1) is 6.10 Å². The number of fused-ring (bicyclic) bond motifs is 1. The fraction of sp³-hybridized carbons (Fsp3) is 1.00. The molecule has 2 aliphatic rings. The van der Waals surface area contributed by atoms with Crippen LogP contribution in [-0.2, 0) is 0 Å².